The van der Waals surface area contributed by atoms with Crippen molar-refractivity contribution in [2.24, 2.45) is 0 Å². The van der Waals surface area contributed by atoms with E-state index in [0.717, 1.165) is 5.56 Å². The highest BCUT2D eigenvalue weighted by Crippen LogP contribution is 2.23. The maximum absolute atomic E-state index is 12.6. The Hall–Kier alpha value is -3.43. The van der Waals surface area contributed by atoms with Crippen molar-refractivity contribution in [1.29, 1.82) is 0 Å². The summed E-state index contributed by atoms with van der Waals surface area (Å²) in [5.74, 6) is -0.382. The van der Waals surface area contributed by atoms with Crippen molar-refractivity contribution in [2.45, 2.75) is 44.2 Å². The number of nitrogens with zero attached hydrogens (tertiary/aromatic N) is 1. The Kier molecular flexibility index (Phi) is 8.14. The number of likely N-dealkylation sites (N-methyl/N-ethyl adjacent to an activating group) is 1. The van der Waals surface area contributed by atoms with Crippen LogP contribution in [0.1, 0.15) is 48.0 Å². The molecule has 0 unspecified atom stereocenters. The summed E-state index contributed by atoms with van der Waals surface area (Å²) in [5.41, 5.74) is 1.91. The molecule has 0 atom stereocenters. The number of furan rings is 1. The third-order valence-electron chi connectivity index (χ3n) is 5.41. The van der Waals surface area contributed by atoms with E-state index in [4.69, 9.17) is 9.15 Å². The average Bonchev–Trinajstić information content (AvgIpc) is 3.34. The predicted octanol–water partition coefficient (Wildman–Crippen LogP) is 3.87. The van der Waals surface area contributed by atoms with Gasteiger partial charge < -0.3 is 14.1 Å². The van der Waals surface area contributed by atoms with Gasteiger partial charge in [0.1, 0.15) is 5.76 Å². The van der Waals surface area contributed by atoms with Crippen LogP contribution in [0.4, 0.5) is 0 Å². The smallest absolute Gasteiger partial charge is 0.338 e. The highest BCUT2D eigenvalue weighted by atomic mass is 32.2. The highest BCUT2D eigenvalue weighted by Gasteiger charge is 2.18. The Morgan fingerprint density at radius 1 is 1.00 bits per heavy atom. The van der Waals surface area contributed by atoms with E-state index < -0.39 is 22.6 Å². The number of ether oxygens (including phenoxy) is 1. The van der Waals surface area contributed by atoms with Crippen molar-refractivity contribution in [2.75, 3.05) is 13.7 Å². The topological polar surface area (TPSA) is 106 Å². The van der Waals surface area contributed by atoms with Crippen molar-refractivity contribution in [3.63, 3.8) is 0 Å². The van der Waals surface area contributed by atoms with Crippen LogP contribution < -0.4 is 4.72 Å². The van der Waals surface area contributed by atoms with Crippen LogP contribution in [0.5, 0.6) is 0 Å². The summed E-state index contributed by atoms with van der Waals surface area (Å²) in [7, 11) is -2.09. The van der Waals surface area contributed by atoms with Crippen molar-refractivity contribution in [3.8, 4) is 0 Å². The Morgan fingerprint density at radius 3 is 2.23 bits per heavy atom. The van der Waals surface area contributed by atoms with E-state index in [1.54, 1.807) is 43.4 Å². The molecule has 1 amide bonds. The molecule has 1 aromatic heterocycles. The lowest BCUT2D eigenvalue weighted by molar-refractivity contribution is -0.133. The number of hydrogen-bond donors (Lipinski definition) is 1. The first-order valence-electron chi connectivity index (χ1n) is 11.1. The molecule has 0 aliphatic carbocycles. The number of amides is 1. The van der Waals surface area contributed by atoms with Crippen molar-refractivity contribution in [1.82, 2.24) is 9.62 Å². The number of carbonyl (C=O) groups excluding carboxylic acids is 2. The van der Waals surface area contributed by atoms with Crippen LogP contribution in [-0.2, 0) is 38.1 Å². The lowest BCUT2D eigenvalue weighted by atomic mass is 9.87. The lowest BCUT2D eigenvalue weighted by Gasteiger charge is -2.19. The van der Waals surface area contributed by atoms with Gasteiger partial charge in [0.25, 0.3) is 5.91 Å². The second kappa shape index (κ2) is 10.9. The van der Waals surface area contributed by atoms with Crippen molar-refractivity contribution < 1.29 is 27.2 Å². The monoisotopic (exact) mass is 498 g/mol. The minimum absolute atomic E-state index is 0.0642. The molecule has 186 valence electrons. The molecule has 0 aliphatic rings. The molecule has 8 nitrogen and oxygen atoms in total. The van der Waals surface area contributed by atoms with E-state index in [-0.39, 0.29) is 34.9 Å². The third kappa shape index (κ3) is 7.27. The molecule has 35 heavy (non-hydrogen) atoms. The van der Waals surface area contributed by atoms with Gasteiger partial charge in [0.15, 0.2) is 6.61 Å². The molecule has 0 saturated heterocycles. The van der Waals surface area contributed by atoms with Crippen LogP contribution in [0.25, 0.3) is 0 Å². The second-order valence-electron chi connectivity index (χ2n) is 9.20. The zero-order chi connectivity index (χ0) is 25.6. The molecule has 0 fully saturated rings. The van der Waals surface area contributed by atoms with E-state index in [0.29, 0.717) is 11.3 Å². The second-order valence-corrected chi connectivity index (χ2v) is 11.0. The van der Waals surface area contributed by atoms with Crippen molar-refractivity contribution >= 4 is 21.9 Å². The molecule has 2 aromatic carbocycles. The van der Waals surface area contributed by atoms with Gasteiger partial charge in [-0.3, -0.25) is 4.79 Å². The summed E-state index contributed by atoms with van der Waals surface area (Å²) in [5, 5.41) is 0. The molecule has 1 heterocycles. The summed E-state index contributed by atoms with van der Waals surface area (Å²) in [6.07, 6.45) is 1.52. The van der Waals surface area contributed by atoms with Gasteiger partial charge in [0, 0.05) is 13.6 Å². The van der Waals surface area contributed by atoms with Crippen molar-refractivity contribution in [3.05, 3.63) is 89.4 Å². The number of nitrogens with one attached hydrogen (secondary N) is 1. The number of rotatable bonds is 9. The number of sulfonamides is 1. The fraction of sp³-hybridized carbons (Fsp3) is 0.308. The summed E-state index contributed by atoms with van der Waals surface area (Å²) in [6, 6.07) is 16.6. The van der Waals surface area contributed by atoms with E-state index in [9.17, 15) is 18.0 Å². The van der Waals surface area contributed by atoms with Crippen LogP contribution in [-0.4, -0.2) is 38.8 Å². The quantitative estimate of drug-likeness (QED) is 0.449. The maximum Gasteiger partial charge on any atom is 0.338 e. The summed E-state index contributed by atoms with van der Waals surface area (Å²) in [4.78, 5) is 26.0. The summed E-state index contributed by atoms with van der Waals surface area (Å²) in [6.45, 7) is 6.13. The molecule has 3 rings (SSSR count). The molecule has 0 bridgehead atoms. The summed E-state index contributed by atoms with van der Waals surface area (Å²) < 4.78 is 38.1. The Bertz CT molecular complexity index is 1240. The molecule has 3 aromatic rings. The summed E-state index contributed by atoms with van der Waals surface area (Å²) >= 11 is 0. The van der Waals surface area contributed by atoms with Gasteiger partial charge in [-0.05, 0) is 52.9 Å². The molecular formula is C26H30N2O6S. The first kappa shape index (κ1) is 26.2. The van der Waals surface area contributed by atoms with Crippen LogP contribution in [0.15, 0.2) is 76.2 Å². The fourth-order valence-electron chi connectivity index (χ4n) is 3.20. The van der Waals surface area contributed by atoms with Gasteiger partial charge in [0.05, 0.1) is 23.3 Å². The molecule has 0 spiro atoms. The van der Waals surface area contributed by atoms with Crippen LogP contribution in [0.2, 0.25) is 0 Å². The number of benzene rings is 2. The third-order valence-corrected chi connectivity index (χ3v) is 6.83. The normalized spacial score (nSPS) is 11.8. The highest BCUT2D eigenvalue weighted by molar-refractivity contribution is 7.89. The Labute approximate surface area is 205 Å². The van der Waals surface area contributed by atoms with Gasteiger partial charge in [-0.25, -0.2) is 17.9 Å². The van der Waals surface area contributed by atoms with E-state index in [1.807, 2.05) is 12.1 Å². The zero-order valence-corrected chi connectivity index (χ0v) is 21.1. The van der Waals surface area contributed by atoms with E-state index in [1.165, 1.54) is 23.3 Å². The first-order valence-corrected chi connectivity index (χ1v) is 12.6. The van der Waals surface area contributed by atoms with Crippen LogP contribution in [0.3, 0.4) is 0 Å². The Balaban J connectivity index is 1.51. The molecule has 0 radical (unpaired) electrons. The van der Waals surface area contributed by atoms with Gasteiger partial charge in [-0.15, -0.1) is 0 Å². The van der Waals surface area contributed by atoms with E-state index in [2.05, 4.69) is 25.5 Å². The minimum atomic E-state index is -3.68. The molecule has 0 saturated carbocycles. The minimum Gasteiger partial charge on any atom is -0.467 e. The SMILES string of the molecule is CN(Cc1ccco1)C(=O)COC(=O)c1ccc(CNS(=O)(=O)c2ccc(C(C)(C)C)cc2)cc1. The molecule has 0 aliphatic heterocycles. The first-order chi connectivity index (χ1) is 16.5. The van der Waals surface area contributed by atoms with Gasteiger partial charge in [0.2, 0.25) is 10.0 Å². The van der Waals surface area contributed by atoms with Gasteiger partial charge >= 0.3 is 5.97 Å². The standard InChI is InChI=1S/C26H30N2O6S/c1-26(2,3)21-11-13-23(14-12-21)35(31,32)27-16-19-7-9-20(10-8-19)25(30)34-18-24(29)28(4)17-22-6-5-15-33-22/h5-15,27H,16-18H2,1-4H3. The van der Waals surface area contributed by atoms with Gasteiger partial charge in [-0.1, -0.05) is 45.0 Å². The number of carbonyl (C=O) groups is 2. The Morgan fingerprint density at radius 2 is 1.66 bits per heavy atom. The molecular weight excluding hydrogens is 468 g/mol. The lowest BCUT2D eigenvalue weighted by Crippen LogP contribution is -2.30. The predicted molar refractivity (Wildman–Crippen MR) is 131 cm³/mol. The van der Waals surface area contributed by atoms with Crippen LogP contribution in [0, 0.1) is 0 Å². The number of hydrogen-bond acceptors (Lipinski definition) is 6. The largest absolute Gasteiger partial charge is 0.467 e. The fourth-order valence-corrected chi connectivity index (χ4v) is 4.22. The van der Waals surface area contributed by atoms with Gasteiger partial charge in [-0.2, -0.15) is 0 Å². The zero-order valence-electron chi connectivity index (χ0n) is 20.3. The van der Waals surface area contributed by atoms with Crippen LogP contribution >= 0.6 is 0 Å². The number of esters is 1. The molecule has 9 heteroatoms. The van der Waals surface area contributed by atoms with E-state index >= 15 is 0 Å². The average molecular weight is 499 g/mol. The molecule has 1 N–H and O–H groups in total. The maximum atomic E-state index is 12.6.